The van der Waals surface area contributed by atoms with Gasteiger partial charge in [-0.2, -0.15) is 0 Å². The van der Waals surface area contributed by atoms with E-state index in [1.165, 1.54) is 0 Å². The number of fused-ring (bicyclic) bond motifs is 1. The van der Waals surface area contributed by atoms with Gasteiger partial charge in [0.05, 0.1) is 11.1 Å². The van der Waals surface area contributed by atoms with Crippen LogP contribution in [0.2, 0.25) is 0 Å². The number of rotatable bonds is 4. The third-order valence-electron chi connectivity index (χ3n) is 6.29. The second kappa shape index (κ2) is 7.68. The lowest BCUT2D eigenvalue weighted by Crippen LogP contribution is -2.54. The summed E-state index contributed by atoms with van der Waals surface area (Å²) < 4.78 is 0. The maximum absolute atomic E-state index is 12.9. The summed E-state index contributed by atoms with van der Waals surface area (Å²) in [7, 11) is 0. The molecule has 1 unspecified atom stereocenters. The Labute approximate surface area is 169 Å². The fraction of sp³-hybridized carbons (Fsp3) is 0.524. The van der Waals surface area contributed by atoms with Gasteiger partial charge in [0.2, 0.25) is 11.8 Å². The van der Waals surface area contributed by atoms with Crippen molar-refractivity contribution in [2.75, 3.05) is 13.1 Å². The van der Waals surface area contributed by atoms with E-state index in [9.17, 15) is 19.2 Å². The Kier molecular flexibility index (Phi) is 5.23. The van der Waals surface area contributed by atoms with Gasteiger partial charge in [-0.25, -0.2) is 0 Å². The highest BCUT2D eigenvalue weighted by molar-refractivity contribution is 6.23. The topological polar surface area (TPSA) is 113 Å². The molecule has 1 aromatic carbocycles. The lowest BCUT2D eigenvalue weighted by molar-refractivity contribution is -0.136. The van der Waals surface area contributed by atoms with Gasteiger partial charge in [0.1, 0.15) is 6.04 Å². The highest BCUT2D eigenvalue weighted by atomic mass is 16.2. The van der Waals surface area contributed by atoms with E-state index < -0.39 is 23.8 Å². The summed E-state index contributed by atoms with van der Waals surface area (Å²) in [6, 6.07) is 4.58. The number of hydrogen-bond donors (Lipinski definition) is 2. The van der Waals surface area contributed by atoms with Crippen LogP contribution >= 0.6 is 0 Å². The molecule has 3 aliphatic heterocycles. The Hall–Kier alpha value is -2.58. The molecule has 2 fully saturated rings. The van der Waals surface area contributed by atoms with Crippen molar-refractivity contribution in [2.24, 2.45) is 11.7 Å². The molecule has 29 heavy (non-hydrogen) atoms. The molecular formula is C21H26N4O4. The van der Waals surface area contributed by atoms with Gasteiger partial charge in [-0.3, -0.25) is 34.3 Å². The first-order valence-corrected chi connectivity index (χ1v) is 10.2. The predicted octanol–water partition coefficient (Wildman–Crippen LogP) is 0.647. The van der Waals surface area contributed by atoms with Gasteiger partial charge in [0.15, 0.2) is 0 Å². The van der Waals surface area contributed by atoms with Crippen LogP contribution in [0.1, 0.15) is 58.9 Å². The van der Waals surface area contributed by atoms with Gasteiger partial charge >= 0.3 is 0 Å². The van der Waals surface area contributed by atoms with Gasteiger partial charge in [-0.1, -0.05) is 6.07 Å². The van der Waals surface area contributed by atoms with Crippen LogP contribution in [0.15, 0.2) is 18.2 Å². The van der Waals surface area contributed by atoms with Gasteiger partial charge in [-0.15, -0.1) is 0 Å². The molecule has 3 aliphatic rings. The van der Waals surface area contributed by atoms with Crippen molar-refractivity contribution in [3.8, 4) is 0 Å². The van der Waals surface area contributed by atoms with E-state index in [0.717, 1.165) is 36.4 Å². The Bertz CT molecular complexity index is 873. The normalized spacial score (nSPS) is 24.6. The average Bonchev–Trinajstić information content (AvgIpc) is 2.93. The largest absolute Gasteiger partial charge is 0.328 e. The molecule has 0 spiro atoms. The third-order valence-corrected chi connectivity index (χ3v) is 6.29. The molecule has 8 heteroatoms. The van der Waals surface area contributed by atoms with Crippen LogP contribution in [-0.4, -0.2) is 58.6 Å². The van der Waals surface area contributed by atoms with Crippen molar-refractivity contribution in [3.05, 3.63) is 34.9 Å². The van der Waals surface area contributed by atoms with E-state index in [1.54, 1.807) is 12.1 Å². The number of hydrogen-bond acceptors (Lipinski definition) is 6. The van der Waals surface area contributed by atoms with Gasteiger partial charge < -0.3 is 5.73 Å². The predicted molar refractivity (Wildman–Crippen MR) is 105 cm³/mol. The van der Waals surface area contributed by atoms with E-state index in [4.69, 9.17) is 5.73 Å². The zero-order valence-electron chi connectivity index (χ0n) is 16.5. The fourth-order valence-corrected chi connectivity index (χ4v) is 4.51. The summed E-state index contributed by atoms with van der Waals surface area (Å²) >= 11 is 0. The number of nitrogens with two attached hydrogens (primary N) is 1. The third kappa shape index (κ3) is 3.70. The smallest absolute Gasteiger partial charge is 0.262 e. The molecule has 2 atom stereocenters. The number of carbonyl (C=O) groups excluding carboxylic acids is 4. The number of amides is 4. The van der Waals surface area contributed by atoms with Crippen LogP contribution in [-0.2, 0) is 16.1 Å². The van der Waals surface area contributed by atoms with Crippen LogP contribution < -0.4 is 11.1 Å². The lowest BCUT2D eigenvalue weighted by atomic mass is 9.91. The molecule has 4 amide bonds. The SMILES string of the molecule is C[C@H](N)C1CCN(Cc2ccc3c(c2)C(=O)N(C2CCC(=O)NC2=O)C3=O)CC1. The second-order valence-corrected chi connectivity index (χ2v) is 8.30. The van der Waals surface area contributed by atoms with Crippen molar-refractivity contribution in [3.63, 3.8) is 0 Å². The first kappa shape index (κ1) is 19.7. The number of piperidine rings is 2. The average molecular weight is 398 g/mol. The summed E-state index contributed by atoms with van der Waals surface area (Å²) in [6.45, 7) is 4.67. The fourth-order valence-electron chi connectivity index (χ4n) is 4.51. The number of nitrogens with one attached hydrogen (secondary N) is 1. The van der Waals surface area contributed by atoms with Crippen molar-refractivity contribution in [1.29, 1.82) is 0 Å². The molecule has 0 aromatic heterocycles. The molecule has 0 saturated carbocycles. The summed E-state index contributed by atoms with van der Waals surface area (Å²) in [5.41, 5.74) is 7.63. The molecule has 2 saturated heterocycles. The summed E-state index contributed by atoms with van der Waals surface area (Å²) in [5.74, 6) is -1.35. The van der Waals surface area contributed by atoms with E-state index in [1.807, 2.05) is 6.07 Å². The number of likely N-dealkylation sites (tertiary alicyclic amines) is 1. The minimum atomic E-state index is -0.930. The molecule has 0 bridgehead atoms. The van der Waals surface area contributed by atoms with Gasteiger partial charge in [0.25, 0.3) is 11.8 Å². The summed E-state index contributed by atoms with van der Waals surface area (Å²) in [5, 5.41) is 2.21. The number of carbonyl (C=O) groups is 4. The number of benzene rings is 1. The molecular weight excluding hydrogens is 372 g/mol. The van der Waals surface area contributed by atoms with Gasteiger partial charge in [-0.05, 0) is 62.9 Å². The Morgan fingerprint density at radius 3 is 2.41 bits per heavy atom. The molecule has 8 nitrogen and oxygen atoms in total. The van der Waals surface area contributed by atoms with Crippen LogP contribution in [0.3, 0.4) is 0 Å². The first-order valence-electron chi connectivity index (χ1n) is 10.2. The summed E-state index contributed by atoms with van der Waals surface area (Å²) in [4.78, 5) is 52.5. The Morgan fingerprint density at radius 1 is 1.07 bits per heavy atom. The minimum Gasteiger partial charge on any atom is -0.328 e. The number of nitrogens with zero attached hydrogens (tertiary/aromatic N) is 2. The maximum atomic E-state index is 12.9. The molecule has 3 heterocycles. The molecule has 1 aromatic rings. The quantitative estimate of drug-likeness (QED) is 0.720. The lowest BCUT2D eigenvalue weighted by Gasteiger charge is -2.33. The molecule has 154 valence electrons. The molecule has 4 rings (SSSR count). The van der Waals surface area contributed by atoms with E-state index >= 15 is 0 Å². The standard InChI is InChI=1S/C21H26N4O4/c1-12(22)14-6-8-24(9-7-14)11-13-2-3-15-16(10-13)21(29)25(20(15)28)17-4-5-18(26)23-19(17)27/h2-3,10,12,14,17H,4-9,11,22H2,1H3,(H,23,26,27)/t12-,17?/m0/s1. The van der Waals surface area contributed by atoms with Crippen LogP contribution in [0.4, 0.5) is 0 Å². The van der Waals surface area contributed by atoms with Crippen LogP contribution in [0.5, 0.6) is 0 Å². The highest BCUT2D eigenvalue weighted by Crippen LogP contribution is 2.29. The van der Waals surface area contributed by atoms with E-state index in [2.05, 4.69) is 17.1 Å². The van der Waals surface area contributed by atoms with Crippen molar-refractivity contribution < 1.29 is 19.2 Å². The zero-order valence-corrected chi connectivity index (χ0v) is 16.5. The Morgan fingerprint density at radius 2 is 1.76 bits per heavy atom. The van der Waals surface area contributed by atoms with E-state index in [-0.39, 0.29) is 24.8 Å². The monoisotopic (exact) mass is 398 g/mol. The van der Waals surface area contributed by atoms with E-state index in [0.29, 0.717) is 23.6 Å². The maximum Gasteiger partial charge on any atom is 0.262 e. The first-order chi connectivity index (χ1) is 13.8. The summed E-state index contributed by atoms with van der Waals surface area (Å²) in [6.07, 6.45) is 2.40. The molecule has 0 aliphatic carbocycles. The van der Waals surface area contributed by atoms with Crippen molar-refractivity contribution in [1.82, 2.24) is 15.1 Å². The Balaban J connectivity index is 1.47. The number of imide groups is 2. The van der Waals surface area contributed by atoms with Crippen molar-refractivity contribution in [2.45, 2.75) is 51.2 Å². The van der Waals surface area contributed by atoms with Crippen LogP contribution in [0, 0.1) is 5.92 Å². The van der Waals surface area contributed by atoms with Gasteiger partial charge in [0, 0.05) is 19.0 Å². The van der Waals surface area contributed by atoms with Crippen molar-refractivity contribution >= 4 is 23.6 Å². The van der Waals surface area contributed by atoms with Crippen LogP contribution in [0.25, 0.3) is 0 Å². The molecule has 0 radical (unpaired) electrons. The highest BCUT2D eigenvalue weighted by Gasteiger charge is 2.44. The zero-order chi connectivity index (χ0) is 20.7. The second-order valence-electron chi connectivity index (χ2n) is 8.30. The minimum absolute atomic E-state index is 0.117. The molecule has 3 N–H and O–H groups in total.